The smallest absolute Gasteiger partial charge is 0.337 e. The van der Waals surface area contributed by atoms with Gasteiger partial charge in [0.2, 0.25) is 5.91 Å². The minimum Gasteiger partial charge on any atom is -0.494 e. The highest BCUT2D eigenvalue weighted by molar-refractivity contribution is 6.22. The van der Waals surface area contributed by atoms with Gasteiger partial charge >= 0.3 is 23.9 Å². The second-order valence-corrected chi connectivity index (χ2v) is 12.5. The molecule has 1 fully saturated rings. The molecule has 6 N–H and O–H groups in total. The van der Waals surface area contributed by atoms with Gasteiger partial charge in [-0.3, -0.25) is 19.3 Å². The van der Waals surface area contributed by atoms with Crippen LogP contribution in [0.1, 0.15) is 34.3 Å². The van der Waals surface area contributed by atoms with E-state index >= 15 is 0 Å². The maximum Gasteiger partial charge on any atom is 0.337 e. The molecule has 0 atom stereocenters. The van der Waals surface area contributed by atoms with Gasteiger partial charge in [0.15, 0.2) is 11.5 Å². The van der Waals surface area contributed by atoms with Crippen molar-refractivity contribution in [2.24, 2.45) is 4.99 Å². The van der Waals surface area contributed by atoms with Gasteiger partial charge in [0.25, 0.3) is 0 Å². The fourth-order valence-electron chi connectivity index (χ4n) is 5.57. The number of H-pyrrole nitrogens is 1. The second kappa shape index (κ2) is 17.4. The number of methoxy groups -OCH3 is 1. The minimum absolute atomic E-state index is 0.0424. The van der Waals surface area contributed by atoms with Crippen LogP contribution in [0.2, 0.25) is 0 Å². The third-order valence-corrected chi connectivity index (χ3v) is 8.58. The molecule has 1 aromatic heterocycles. The number of nitrogens with one attached hydrogen (secondary N) is 1. The summed E-state index contributed by atoms with van der Waals surface area (Å²) in [6, 6.07) is 22.2. The van der Waals surface area contributed by atoms with Crippen LogP contribution < -0.4 is 4.90 Å². The number of aromatic hydroxyl groups is 1. The molecule has 16 heteroatoms. The lowest BCUT2D eigenvalue weighted by Crippen LogP contribution is -2.48. The molecular weight excluding hydrogens is 690 g/mol. The van der Waals surface area contributed by atoms with E-state index in [1.165, 1.54) is 7.11 Å². The van der Waals surface area contributed by atoms with Crippen molar-refractivity contribution in [3.8, 4) is 5.88 Å². The van der Waals surface area contributed by atoms with Crippen LogP contribution in [-0.2, 0) is 23.9 Å². The number of carbonyl (C=O) groups excluding carboxylic acids is 2. The van der Waals surface area contributed by atoms with Gasteiger partial charge in [-0.05, 0) is 43.4 Å². The standard InChI is InChI=1S/C31H33N5O4.C6H8O7/c1-34-15-17-36(18-16-34)20-27(37)35(2)24-12-10-23(11-13-24)32-29(21-7-5-4-6-8-21)28-25-14-9-22(31(39)40-3)19-26(25)33-30(28)38;7-3(8)1-6(13,5(11)12)2-4(9)10/h4-14,19,33,38H,15-18,20H2,1-3H3;13H,1-2H2,(H,7,8)(H,9,10)(H,11,12). The summed E-state index contributed by atoms with van der Waals surface area (Å²) in [5, 5.41) is 45.5. The van der Waals surface area contributed by atoms with Crippen LogP contribution in [0, 0.1) is 0 Å². The number of benzene rings is 3. The van der Waals surface area contributed by atoms with Crippen molar-refractivity contribution in [1.29, 1.82) is 0 Å². The SMILES string of the molecule is COC(=O)c1ccc2c(C(=Nc3ccc(N(C)C(=O)CN4CCN(C)CC4)cc3)c3ccccc3)c(O)[nH]c2c1.O=C(O)CC(O)(CC(=O)O)C(=O)O. The lowest BCUT2D eigenvalue weighted by Gasteiger charge is -2.32. The first kappa shape index (κ1) is 39.7. The molecule has 1 saturated heterocycles. The Morgan fingerprint density at radius 2 is 1.47 bits per heavy atom. The number of hydrogen-bond acceptors (Lipinski definition) is 11. The van der Waals surface area contributed by atoms with E-state index < -0.39 is 42.3 Å². The molecule has 0 aliphatic carbocycles. The molecule has 3 aromatic carbocycles. The fourth-order valence-corrected chi connectivity index (χ4v) is 5.57. The number of carbonyl (C=O) groups is 5. The number of piperazine rings is 1. The summed E-state index contributed by atoms with van der Waals surface area (Å²) < 4.78 is 4.83. The molecule has 1 amide bonds. The molecule has 0 radical (unpaired) electrons. The van der Waals surface area contributed by atoms with Crippen molar-refractivity contribution in [2.75, 3.05) is 58.8 Å². The number of esters is 1. The first-order chi connectivity index (χ1) is 25.1. The van der Waals surface area contributed by atoms with Crippen LogP contribution in [0.25, 0.3) is 10.9 Å². The number of aliphatic hydroxyl groups is 1. The Hall–Kier alpha value is -6.10. The van der Waals surface area contributed by atoms with Gasteiger partial charge in [0.1, 0.15) is 0 Å². The Bertz CT molecular complexity index is 1970. The maximum absolute atomic E-state index is 12.9. The Morgan fingerprint density at radius 1 is 0.868 bits per heavy atom. The van der Waals surface area contributed by atoms with Crippen molar-refractivity contribution in [1.82, 2.24) is 14.8 Å². The van der Waals surface area contributed by atoms with Crippen LogP contribution in [-0.4, -0.2) is 135 Å². The average molecular weight is 732 g/mol. The summed E-state index contributed by atoms with van der Waals surface area (Å²) >= 11 is 0. The van der Waals surface area contributed by atoms with Crippen molar-refractivity contribution < 1.29 is 54.2 Å². The molecule has 53 heavy (non-hydrogen) atoms. The van der Waals surface area contributed by atoms with E-state index in [2.05, 4.69) is 21.8 Å². The highest BCUT2D eigenvalue weighted by Crippen LogP contribution is 2.32. The number of rotatable bonds is 12. The maximum atomic E-state index is 12.9. The zero-order chi connectivity index (χ0) is 38.9. The molecule has 1 aliphatic rings. The van der Waals surface area contributed by atoms with Crippen molar-refractivity contribution in [2.45, 2.75) is 18.4 Å². The van der Waals surface area contributed by atoms with Crippen molar-refractivity contribution >= 4 is 57.8 Å². The molecule has 0 saturated carbocycles. The molecular formula is C37H41N5O11. The first-order valence-electron chi connectivity index (χ1n) is 16.4. The van der Waals surface area contributed by atoms with E-state index in [0.29, 0.717) is 34.6 Å². The number of aromatic amines is 1. The Balaban J connectivity index is 0.000000413. The van der Waals surface area contributed by atoms with Gasteiger partial charge in [-0.25, -0.2) is 14.6 Å². The number of likely N-dealkylation sites (N-methyl/N-ethyl adjacent to an activating group) is 2. The zero-order valence-electron chi connectivity index (χ0n) is 29.4. The average Bonchev–Trinajstić information content (AvgIpc) is 3.45. The molecule has 2 heterocycles. The van der Waals surface area contributed by atoms with E-state index in [0.717, 1.165) is 42.8 Å². The number of aliphatic carboxylic acids is 3. The van der Waals surface area contributed by atoms with E-state index in [4.69, 9.17) is 30.2 Å². The lowest BCUT2D eigenvalue weighted by molar-refractivity contribution is -0.170. The third-order valence-electron chi connectivity index (χ3n) is 8.58. The van der Waals surface area contributed by atoms with E-state index in [9.17, 15) is 29.1 Å². The van der Waals surface area contributed by atoms with Gasteiger partial charge in [-0.1, -0.05) is 36.4 Å². The molecule has 5 rings (SSSR count). The lowest BCUT2D eigenvalue weighted by atomic mass is 9.96. The van der Waals surface area contributed by atoms with E-state index in [1.54, 1.807) is 30.1 Å². The molecule has 0 spiro atoms. The highest BCUT2D eigenvalue weighted by atomic mass is 16.5. The largest absolute Gasteiger partial charge is 0.494 e. The van der Waals surface area contributed by atoms with E-state index in [-0.39, 0.29) is 11.8 Å². The number of aromatic nitrogens is 1. The number of fused-ring (bicyclic) bond motifs is 1. The van der Waals surface area contributed by atoms with Crippen LogP contribution in [0.4, 0.5) is 11.4 Å². The van der Waals surface area contributed by atoms with Gasteiger partial charge in [0, 0.05) is 55.4 Å². The number of carboxylic acid groups (broad SMARTS) is 3. The van der Waals surface area contributed by atoms with Gasteiger partial charge in [-0.2, -0.15) is 0 Å². The Kier molecular flexibility index (Phi) is 13.0. The summed E-state index contributed by atoms with van der Waals surface area (Å²) in [5.41, 5.74) is 1.60. The Morgan fingerprint density at radius 3 is 2.02 bits per heavy atom. The first-order valence-corrected chi connectivity index (χ1v) is 16.4. The van der Waals surface area contributed by atoms with Crippen LogP contribution in [0.3, 0.4) is 0 Å². The van der Waals surface area contributed by atoms with Crippen LogP contribution >= 0.6 is 0 Å². The molecule has 4 aromatic rings. The van der Waals surface area contributed by atoms with Gasteiger partial charge in [0.05, 0.1) is 49.0 Å². The molecule has 16 nitrogen and oxygen atoms in total. The Labute approximate surface area is 304 Å². The minimum atomic E-state index is -2.74. The topological polar surface area (TPSA) is 234 Å². The number of ether oxygens (including phenoxy) is 1. The second-order valence-electron chi connectivity index (χ2n) is 12.5. The summed E-state index contributed by atoms with van der Waals surface area (Å²) in [4.78, 5) is 69.5. The summed E-state index contributed by atoms with van der Waals surface area (Å²) in [6.07, 6.45) is -2.29. The van der Waals surface area contributed by atoms with Crippen molar-refractivity contribution in [3.63, 3.8) is 0 Å². The predicted molar refractivity (Wildman–Crippen MR) is 194 cm³/mol. The van der Waals surface area contributed by atoms with Gasteiger partial charge in [-0.15, -0.1) is 0 Å². The predicted octanol–water partition coefficient (Wildman–Crippen LogP) is 2.79. The van der Waals surface area contributed by atoms with Crippen molar-refractivity contribution in [3.05, 3.63) is 89.5 Å². The monoisotopic (exact) mass is 731 g/mol. The number of amides is 1. The molecule has 0 bridgehead atoms. The number of carboxylic acids is 3. The van der Waals surface area contributed by atoms with E-state index in [1.807, 2.05) is 54.6 Å². The summed E-state index contributed by atoms with van der Waals surface area (Å²) in [7, 11) is 5.22. The quantitative estimate of drug-likeness (QED) is 0.0910. The number of anilines is 1. The van der Waals surface area contributed by atoms with Crippen LogP contribution in [0.15, 0.2) is 77.8 Å². The molecule has 1 aliphatic heterocycles. The number of aliphatic imine (C=N–C) groups is 1. The molecule has 0 unspecified atom stereocenters. The fraction of sp³-hybridized carbons (Fsp3) is 0.297. The summed E-state index contributed by atoms with van der Waals surface area (Å²) in [5.74, 6) is -5.48. The van der Waals surface area contributed by atoms with Crippen LogP contribution in [0.5, 0.6) is 5.88 Å². The number of nitrogens with zero attached hydrogens (tertiary/aromatic N) is 4. The molecule has 280 valence electrons. The van der Waals surface area contributed by atoms with Gasteiger partial charge < -0.3 is 45.1 Å². The third kappa shape index (κ3) is 10.2. The zero-order valence-corrected chi connectivity index (χ0v) is 29.4. The summed E-state index contributed by atoms with van der Waals surface area (Å²) in [6.45, 7) is 4.09. The highest BCUT2D eigenvalue weighted by Gasteiger charge is 2.40. The normalized spacial score (nSPS) is 13.8. The number of hydrogen-bond donors (Lipinski definition) is 6.